The Bertz CT molecular complexity index is 1070. The molecule has 0 saturated heterocycles. The minimum atomic E-state index is -0.497. The molecule has 0 aliphatic carbocycles. The van der Waals surface area contributed by atoms with Crippen LogP contribution >= 0.6 is 0 Å². The van der Waals surface area contributed by atoms with E-state index in [0.717, 1.165) is 11.1 Å². The molecule has 0 fully saturated rings. The summed E-state index contributed by atoms with van der Waals surface area (Å²) < 4.78 is 15.5. The Morgan fingerprint density at radius 3 is 2.46 bits per heavy atom. The third-order valence-corrected chi connectivity index (χ3v) is 4.30. The van der Waals surface area contributed by atoms with Crippen molar-refractivity contribution in [1.29, 1.82) is 0 Å². The third-order valence-electron chi connectivity index (χ3n) is 4.30. The van der Waals surface area contributed by atoms with Gasteiger partial charge in [0.15, 0.2) is 5.78 Å². The van der Waals surface area contributed by atoms with Gasteiger partial charge in [0.25, 0.3) is 0 Å². The molecule has 0 N–H and O–H groups in total. The molecule has 1 aromatic heterocycles. The van der Waals surface area contributed by atoms with E-state index in [1.54, 1.807) is 24.4 Å². The summed E-state index contributed by atoms with van der Waals surface area (Å²) in [6.07, 6.45) is 3.57. The zero-order valence-corrected chi connectivity index (χ0v) is 15.0. The topological polar surface area (TPSA) is 39.1 Å². The molecule has 0 atom stereocenters. The number of aryl methyl sites for hydroxylation is 1. The van der Waals surface area contributed by atoms with Crippen molar-refractivity contribution in [3.05, 3.63) is 93.0 Å². The van der Waals surface area contributed by atoms with Crippen molar-refractivity contribution in [2.24, 2.45) is 0 Å². The second kappa shape index (κ2) is 7.08. The van der Waals surface area contributed by atoms with Gasteiger partial charge in [-0.15, -0.1) is 0 Å². The third kappa shape index (κ3) is 3.49. The van der Waals surface area contributed by atoms with Gasteiger partial charge in [-0.25, -0.2) is 4.39 Å². The summed E-state index contributed by atoms with van der Waals surface area (Å²) in [5.74, 6) is -0.851. The van der Waals surface area contributed by atoms with Gasteiger partial charge in [-0.1, -0.05) is 41.5 Å². The van der Waals surface area contributed by atoms with Gasteiger partial charge < -0.3 is 4.57 Å². The first kappa shape index (κ1) is 17.8. The molecule has 0 saturated carbocycles. The molecule has 132 valence electrons. The van der Waals surface area contributed by atoms with Crippen LogP contribution in [0.15, 0.2) is 65.1 Å². The van der Waals surface area contributed by atoms with E-state index in [0.29, 0.717) is 17.6 Å². The van der Waals surface area contributed by atoms with Gasteiger partial charge in [0.1, 0.15) is 5.82 Å². The first-order valence-corrected chi connectivity index (χ1v) is 8.44. The second-order valence-corrected chi connectivity index (χ2v) is 6.66. The number of hydrogen-bond donors (Lipinski definition) is 0. The molecule has 0 aliphatic rings. The van der Waals surface area contributed by atoms with E-state index >= 15 is 0 Å². The Labute approximate surface area is 151 Å². The number of pyridine rings is 1. The van der Waals surface area contributed by atoms with Gasteiger partial charge in [-0.3, -0.25) is 9.59 Å². The van der Waals surface area contributed by atoms with Gasteiger partial charge in [0.05, 0.1) is 11.1 Å². The number of nitrogens with zero attached hydrogens (tertiary/aromatic N) is 1. The quantitative estimate of drug-likeness (QED) is 0.508. The van der Waals surface area contributed by atoms with E-state index < -0.39 is 11.2 Å². The lowest BCUT2D eigenvalue weighted by atomic mass is 10.0. The standard InChI is InChI=1S/C22H20FNO2/c1-14(2)10-11-24-13-19(21(25)16-6-4-15(3)5-7-16)22(26)18-12-17(23)8-9-20(18)24/h4-10,12-13H,11H2,1-3H3. The van der Waals surface area contributed by atoms with Crippen LogP contribution in [0.5, 0.6) is 0 Å². The summed E-state index contributed by atoms with van der Waals surface area (Å²) in [7, 11) is 0. The summed E-state index contributed by atoms with van der Waals surface area (Å²) in [6.45, 7) is 6.38. The lowest BCUT2D eigenvalue weighted by Gasteiger charge is -2.12. The fourth-order valence-electron chi connectivity index (χ4n) is 2.82. The zero-order chi connectivity index (χ0) is 18.8. The number of hydrogen-bond acceptors (Lipinski definition) is 2. The van der Waals surface area contributed by atoms with Crippen molar-refractivity contribution in [3.63, 3.8) is 0 Å². The average Bonchev–Trinajstić information content (AvgIpc) is 2.61. The highest BCUT2D eigenvalue weighted by Crippen LogP contribution is 2.17. The normalized spacial score (nSPS) is 10.8. The molecule has 0 radical (unpaired) electrons. The molecular weight excluding hydrogens is 329 g/mol. The van der Waals surface area contributed by atoms with E-state index in [1.165, 1.54) is 12.1 Å². The maximum Gasteiger partial charge on any atom is 0.200 e. The molecule has 0 spiro atoms. The van der Waals surface area contributed by atoms with Gasteiger partial charge in [0, 0.05) is 23.7 Å². The Kier molecular flexibility index (Phi) is 4.85. The molecule has 3 aromatic rings. The monoisotopic (exact) mass is 349 g/mol. The summed E-state index contributed by atoms with van der Waals surface area (Å²) in [5, 5.41) is 0.213. The highest BCUT2D eigenvalue weighted by molar-refractivity contribution is 6.10. The Morgan fingerprint density at radius 2 is 1.81 bits per heavy atom. The fraction of sp³-hybridized carbons (Fsp3) is 0.182. The molecule has 1 heterocycles. The molecule has 2 aromatic carbocycles. The van der Waals surface area contributed by atoms with Gasteiger partial charge in [-0.05, 0) is 39.0 Å². The lowest BCUT2D eigenvalue weighted by Crippen LogP contribution is -2.20. The van der Waals surface area contributed by atoms with Crippen LogP contribution in [-0.4, -0.2) is 10.4 Å². The summed E-state index contributed by atoms with van der Waals surface area (Å²) in [5.41, 5.74) is 2.80. The number of benzene rings is 2. The number of halogens is 1. The number of carbonyl (C=O) groups is 1. The average molecular weight is 349 g/mol. The smallest absolute Gasteiger partial charge is 0.200 e. The van der Waals surface area contributed by atoms with Crippen molar-refractivity contribution in [3.8, 4) is 0 Å². The number of rotatable bonds is 4. The molecule has 0 amide bonds. The van der Waals surface area contributed by atoms with E-state index in [4.69, 9.17) is 0 Å². The maximum atomic E-state index is 13.7. The van der Waals surface area contributed by atoms with E-state index in [2.05, 4.69) is 0 Å². The summed E-state index contributed by atoms with van der Waals surface area (Å²) in [6, 6.07) is 11.2. The highest BCUT2D eigenvalue weighted by Gasteiger charge is 2.17. The fourth-order valence-corrected chi connectivity index (χ4v) is 2.82. The van der Waals surface area contributed by atoms with Gasteiger partial charge >= 0.3 is 0 Å². The number of carbonyl (C=O) groups excluding carboxylic acids is 1. The van der Waals surface area contributed by atoms with Gasteiger partial charge in [-0.2, -0.15) is 0 Å². The Hall–Kier alpha value is -3.01. The van der Waals surface area contributed by atoms with Crippen molar-refractivity contribution in [2.45, 2.75) is 27.3 Å². The molecule has 4 heteroatoms. The minimum Gasteiger partial charge on any atom is -0.343 e. The predicted molar refractivity (Wildman–Crippen MR) is 102 cm³/mol. The molecule has 0 aliphatic heterocycles. The van der Waals surface area contributed by atoms with Crippen molar-refractivity contribution in [1.82, 2.24) is 4.57 Å². The van der Waals surface area contributed by atoms with E-state index in [9.17, 15) is 14.0 Å². The first-order valence-electron chi connectivity index (χ1n) is 8.44. The van der Waals surface area contributed by atoms with Crippen LogP contribution in [-0.2, 0) is 6.54 Å². The summed E-state index contributed by atoms with van der Waals surface area (Å²) >= 11 is 0. The molecule has 26 heavy (non-hydrogen) atoms. The minimum absolute atomic E-state index is 0.0501. The van der Waals surface area contributed by atoms with E-state index in [-0.39, 0.29) is 16.7 Å². The number of aromatic nitrogens is 1. The number of fused-ring (bicyclic) bond motifs is 1. The van der Waals surface area contributed by atoms with Crippen LogP contribution in [0.25, 0.3) is 10.9 Å². The van der Waals surface area contributed by atoms with Crippen LogP contribution in [0.4, 0.5) is 4.39 Å². The van der Waals surface area contributed by atoms with Crippen molar-refractivity contribution >= 4 is 16.7 Å². The van der Waals surface area contributed by atoms with Crippen molar-refractivity contribution in [2.75, 3.05) is 0 Å². The second-order valence-electron chi connectivity index (χ2n) is 6.66. The van der Waals surface area contributed by atoms with Crippen LogP contribution < -0.4 is 5.43 Å². The van der Waals surface area contributed by atoms with Crippen LogP contribution in [0, 0.1) is 12.7 Å². The number of allylic oxidation sites excluding steroid dienone is 2. The lowest BCUT2D eigenvalue weighted by molar-refractivity contribution is 0.103. The molecule has 3 nitrogen and oxygen atoms in total. The Morgan fingerprint density at radius 1 is 1.12 bits per heavy atom. The summed E-state index contributed by atoms with van der Waals surface area (Å²) in [4.78, 5) is 25.7. The largest absolute Gasteiger partial charge is 0.343 e. The highest BCUT2D eigenvalue weighted by atomic mass is 19.1. The maximum absolute atomic E-state index is 13.7. The van der Waals surface area contributed by atoms with E-state index in [1.807, 2.05) is 43.5 Å². The molecule has 0 bridgehead atoms. The molecule has 0 unspecified atom stereocenters. The first-order chi connectivity index (χ1) is 12.4. The van der Waals surface area contributed by atoms with Crippen LogP contribution in [0.3, 0.4) is 0 Å². The van der Waals surface area contributed by atoms with Crippen LogP contribution in [0.1, 0.15) is 35.3 Å². The Balaban J connectivity index is 2.23. The predicted octanol–water partition coefficient (Wildman–Crippen LogP) is 4.65. The number of ketones is 1. The molecular formula is C22H20FNO2. The SMILES string of the molecule is CC(C)=CCn1cc(C(=O)c2ccc(C)cc2)c(=O)c2cc(F)ccc21. The molecule has 3 rings (SSSR count). The zero-order valence-electron chi connectivity index (χ0n) is 15.0. The van der Waals surface area contributed by atoms with Crippen molar-refractivity contribution < 1.29 is 9.18 Å². The van der Waals surface area contributed by atoms with Crippen LogP contribution in [0.2, 0.25) is 0 Å². The van der Waals surface area contributed by atoms with Gasteiger partial charge in [0.2, 0.25) is 5.43 Å².